The van der Waals surface area contributed by atoms with Crippen molar-refractivity contribution in [2.45, 2.75) is 46.1 Å². The molecule has 0 saturated carbocycles. The van der Waals surface area contributed by atoms with Crippen LogP contribution in [0.4, 0.5) is 5.69 Å². The molecule has 3 aromatic carbocycles. The Kier molecular flexibility index (Phi) is 6.91. The van der Waals surface area contributed by atoms with Gasteiger partial charge in [-0.3, -0.25) is 0 Å². The third kappa shape index (κ3) is 4.51. The molecule has 1 unspecified atom stereocenters. The van der Waals surface area contributed by atoms with Crippen LogP contribution in [0.2, 0.25) is 0 Å². The third-order valence-electron chi connectivity index (χ3n) is 5.48. The summed E-state index contributed by atoms with van der Waals surface area (Å²) in [5, 5.41) is 1.81. The van der Waals surface area contributed by atoms with E-state index in [2.05, 4.69) is 0 Å². The molecule has 3 aromatic rings. The number of hydrogen-bond donors (Lipinski definition) is 0. The van der Waals surface area contributed by atoms with E-state index in [1.54, 1.807) is 49.1 Å². The van der Waals surface area contributed by atoms with E-state index >= 15 is 0 Å². The number of carbonyl (C=O) groups is 2. The second-order valence-electron chi connectivity index (χ2n) is 8.14. The maximum Gasteiger partial charge on any atom is 0.369 e. The van der Waals surface area contributed by atoms with E-state index in [1.807, 2.05) is 44.2 Å². The molecular weight excluding hydrogens is 434 g/mol. The molecule has 4 rings (SSSR count). The lowest BCUT2D eigenvalue weighted by Crippen LogP contribution is -2.53. The van der Waals surface area contributed by atoms with Crippen LogP contribution in [0.1, 0.15) is 39.3 Å². The first-order chi connectivity index (χ1) is 16.4. The normalized spacial score (nSPS) is 17.1. The Balaban J connectivity index is 1.91. The van der Waals surface area contributed by atoms with Crippen LogP contribution in [-0.2, 0) is 19.1 Å². The summed E-state index contributed by atoms with van der Waals surface area (Å²) in [6.45, 7) is 7.77. The van der Waals surface area contributed by atoms with E-state index in [-0.39, 0.29) is 19.3 Å². The number of carbonyl (C=O) groups excluding carboxylic acids is 2. The molecule has 0 radical (unpaired) electrons. The van der Waals surface area contributed by atoms with Gasteiger partial charge in [0.25, 0.3) is 6.23 Å². The van der Waals surface area contributed by atoms with Gasteiger partial charge >= 0.3 is 11.9 Å². The number of rotatable bonds is 7. The highest BCUT2D eigenvalue weighted by atomic mass is 16.6. The minimum absolute atomic E-state index is 0.0157. The van der Waals surface area contributed by atoms with Gasteiger partial charge in [-0.2, -0.15) is 0 Å². The number of esters is 2. The lowest BCUT2D eigenvalue weighted by atomic mass is 9.94. The highest BCUT2D eigenvalue weighted by Gasteiger charge is 2.46. The Morgan fingerprint density at radius 3 is 2.26 bits per heavy atom. The van der Waals surface area contributed by atoms with E-state index in [0.717, 1.165) is 10.8 Å². The summed E-state index contributed by atoms with van der Waals surface area (Å²) in [6, 6.07) is 17.7. The summed E-state index contributed by atoms with van der Waals surface area (Å²) < 4.78 is 22.8. The Bertz CT molecular complexity index is 1170. The zero-order valence-electron chi connectivity index (χ0n) is 19.8. The zero-order chi connectivity index (χ0) is 24.2. The predicted molar refractivity (Wildman–Crippen MR) is 129 cm³/mol. The Labute approximate surface area is 199 Å². The maximum atomic E-state index is 13.4. The summed E-state index contributed by atoms with van der Waals surface area (Å²) in [4.78, 5) is 28.1. The number of anilines is 1. The van der Waals surface area contributed by atoms with Crippen molar-refractivity contribution in [2.24, 2.45) is 0 Å². The maximum absolute atomic E-state index is 13.4. The van der Waals surface area contributed by atoms with Gasteiger partial charge in [0, 0.05) is 11.3 Å². The fourth-order valence-corrected chi connectivity index (χ4v) is 4.19. The van der Waals surface area contributed by atoms with E-state index in [9.17, 15) is 9.59 Å². The number of ether oxygens (including phenoxy) is 4. The van der Waals surface area contributed by atoms with Crippen molar-refractivity contribution < 1.29 is 28.5 Å². The topological polar surface area (TPSA) is 74.3 Å². The van der Waals surface area contributed by atoms with Crippen molar-refractivity contribution in [3.8, 4) is 11.5 Å². The summed E-state index contributed by atoms with van der Waals surface area (Å²) in [5.41, 5.74) is 1.26. The molecular formula is C27H29NO6. The molecule has 0 spiro atoms. The van der Waals surface area contributed by atoms with E-state index in [1.165, 1.54) is 0 Å². The molecule has 0 aliphatic carbocycles. The monoisotopic (exact) mass is 463 g/mol. The number of benzene rings is 3. The molecule has 0 bridgehead atoms. The third-order valence-corrected chi connectivity index (χ3v) is 5.48. The van der Waals surface area contributed by atoms with Crippen LogP contribution < -0.4 is 14.4 Å². The molecule has 1 aliphatic rings. The second-order valence-corrected chi connectivity index (χ2v) is 8.14. The fraction of sp³-hybridized carbons (Fsp3) is 0.333. The number of fused-ring (bicyclic) bond motifs is 3. The molecule has 0 aromatic heterocycles. The van der Waals surface area contributed by atoms with Crippen LogP contribution in [0.15, 0.2) is 60.7 Å². The minimum atomic E-state index is -1.17. The van der Waals surface area contributed by atoms with Gasteiger partial charge in [-0.25, -0.2) is 9.59 Å². The largest absolute Gasteiger partial charge is 0.491 e. The average molecular weight is 464 g/mol. The lowest BCUT2D eigenvalue weighted by molar-refractivity contribution is -0.154. The SMILES string of the molecule is CCOC(=O)C1c2c(ccc3ccccc23)O[C@@H](C(=O)OCC)N1c1ccc(OC(C)C)cc1. The Morgan fingerprint density at radius 2 is 1.59 bits per heavy atom. The highest BCUT2D eigenvalue weighted by Crippen LogP contribution is 2.44. The molecule has 1 aliphatic heterocycles. The smallest absolute Gasteiger partial charge is 0.369 e. The van der Waals surface area contributed by atoms with Gasteiger partial charge in [0.2, 0.25) is 0 Å². The summed E-state index contributed by atoms with van der Waals surface area (Å²) in [7, 11) is 0. The van der Waals surface area contributed by atoms with Crippen LogP contribution in [0, 0.1) is 0 Å². The van der Waals surface area contributed by atoms with Gasteiger partial charge in [-0.1, -0.05) is 30.3 Å². The van der Waals surface area contributed by atoms with Gasteiger partial charge in [0.05, 0.1) is 19.3 Å². The van der Waals surface area contributed by atoms with Gasteiger partial charge in [-0.15, -0.1) is 0 Å². The van der Waals surface area contributed by atoms with Crippen LogP contribution in [-0.4, -0.2) is 37.5 Å². The van der Waals surface area contributed by atoms with E-state index in [4.69, 9.17) is 18.9 Å². The summed E-state index contributed by atoms with van der Waals surface area (Å²) in [6.07, 6.45) is -1.15. The lowest BCUT2D eigenvalue weighted by Gasteiger charge is -2.42. The van der Waals surface area contributed by atoms with Crippen LogP contribution in [0.3, 0.4) is 0 Å². The molecule has 0 saturated heterocycles. The first-order valence-electron chi connectivity index (χ1n) is 11.5. The van der Waals surface area contributed by atoms with Gasteiger partial charge < -0.3 is 23.8 Å². The van der Waals surface area contributed by atoms with Crippen molar-refractivity contribution in [3.63, 3.8) is 0 Å². The summed E-state index contributed by atoms with van der Waals surface area (Å²) >= 11 is 0. The molecule has 0 amide bonds. The predicted octanol–water partition coefficient (Wildman–Crippen LogP) is 5.02. The first kappa shape index (κ1) is 23.4. The minimum Gasteiger partial charge on any atom is -0.491 e. The first-order valence-corrected chi connectivity index (χ1v) is 11.5. The van der Waals surface area contributed by atoms with Gasteiger partial charge in [-0.05, 0) is 68.8 Å². The van der Waals surface area contributed by atoms with Crippen molar-refractivity contribution in [2.75, 3.05) is 18.1 Å². The molecule has 0 N–H and O–H groups in total. The van der Waals surface area contributed by atoms with Crippen molar-refractivity contribution in [3.05, 3.63) is 66.2 Å². The van der Waals surface area contributed by atoms with Crippen molar-refractivity contribution in [1.29, 1.82) is 0 Å². The summed E-state index contributed by atoms with van der Waals surface area (Å²) in [5.74, 6) is 0.0760. The van der Waals surface area contributed by atoms with Crippen LogP contribution >= 0.6 is 0 Å². The Hall–Kier alpha value is -3.74. The van der Waals surface area contributed by atoms with Crippen molar-refractivity contribution >= 4 is 28.4 Å². The molecule has 2 atom stereocenters. The zero-order valence-corrected chi connectivity index (χ0v) is 19.8. The Morgan fingerprint density at radius 1 is 0.912 bits per heavy atom. The second kappa shape index (κ2) is 10.0. The standard InChI is InChI=1S/C27H29NO6/c1-5-31-26(29)24-23-21-10-8-7-9-18(21)11-16-22(23)34-25(27(30)32-6-2)28(24)19-12-14-20(15-13-19)33-17(3)4/h7-17,24-25H,5-6H2,1-4H3/t24?,25-/m0/s1. The fourth-order valence-electron chi connectivity index (χ4n) is 4.19. The number of nitrogens with zero attached hydrogens (tertiary/aromatic N) is 1. The van der Waals surface area contributed by atoms with Gasteiger partial charge in [0.1, 0.15) is 11.5 Å². The van der Waals surface area contributed by atoms with Crippen molar-refractivity contribution in [1.82, 2.24) is 0 Å². The molecule has 7 heteroatoms. The molecule has 7 nitrogen and oxygen atoms in total. The van der Waals surface area contributed by atoms with E-state index < -0.39 is 24.2 Å². The molecule has 178 valence electrons. The van der Waals surface area contributed by atoms with Gasteiger partial charge in [0.15, 0.2) is 6.04 Å². The molecule has 0 fully saturated rings. The van der Waals surface area contributed by atoms with Crippen LogP contribution in [0.5, 0.6) is 11.5 Å². The molecule has 34 heavy (non-hydrogen) atoms. The van der Waals surface area contributed by atoms with Crippen LogP contribution in [0.25, 0.3) is 10.8 Å². The average Bonchev–Trinajstić information content (AvgIpc) is 2.83. The highest BCUT2D eigenvalue weighted by molar-refractivity contribution is 5.97. The van der Waals surface area contributed by atoms with E-state index in [0.29, 0.717) is 22.7 Å². The molecule has 1 heterocycles. The number of hydrogen-bond acceptors (Lipinski definition) is 7. The quantitative estimate of drug-likeness (QED) is 0.456.